The van der Waals surface area contributed by atoms with Crippen molar-refractivity contribution in [2.24, 2.45) is 0 Å². The second-order valence-corrected chi connectivity index (χ2v) is 3.66. The second kappa shape index (κ2) is 6.65. The monoisotopic (exact) mass is 313 g/mol. The van der Waals surface area contributed by atoms with E-state index in [0.717, 1.165) is 6.07 Å². The molecule has 0 atom stereocenters. The minimum absolute atomic E-state index is 0.00879. The van der Waals surface area contributed by atoms with Gasteiger partial charge in [-0.25, -0.2) is 9.78 Å². The largest absolute Gasteiger partial charge is 0.573 e. The molecule has 0 saturated carbocycles. The fourth-order valence-corrected chi connectivity index (χ4v) is 1.53. The van der Waals surface area contributed by atoms with Gasteiger partial charge >= 0.3 is 12.3 Å². The maximum Gasteiger partial charge on any atom is 0.573 e. The number of rotatable bonds is 5. The van der Waals surface area contributed by atoms with Crippen molar-refractivity contribution in [1.29, 1.82) is 0 Å². The van der Waals surface area contributed by atoms with E-state index in [0.29, 0.717) is 0 Å². The number of alkyl halides is 4. The molecule has 0 unspecified atom stereocenters. The lowest BCUT2D eigenvalue weighted by Crippen LogP contribution is -2.21. The molecule has 1 rings (SSSR count). The molecule has 5 nitrogen and oxygen atoms in total. The molecule has 0 aliphatic rings. The van der Waals surface area contributed by atoms with E-state index in [1.807, 2.05) is 0 Å². The van der Waals surface area contributed by atoms with Gasteiger partial charge in [-0.1, -0.05) is 0 Å². The topological polar surface area (TPSA) is 57.7 Å². The van der Waals surface area contributed by atoms with Crippen molar-refractivity contribution in [3.8, 4) is 11.6 Å². The number of carbonyl (C=O) groups is 1. The Hall–Kier alpha value is -1.70. The summed E-state index contributed by atoms with van der Waals surface area (Å²) in [7, 11) is 1.25. The molecule has 0 aromatic carbocycles. The van der Waals surface area contributed by atoms with Gasteiger partial charge in [-0.15, -0.1) is 24.8 Å². The molecule has 112 valence electrons. The lowest BCUT2D eigenvalue weighted by atomic mass is 10.2. The molecule has 0 fully saturated rings. The second-order valence-electron chi connectivity index (χ2n) is 3.39. The molecule has 0 aliphatic heterocycles. The van der Waals surface area contributed by atoms with Crippen LogP contribution in [-0.4, -0.2) is 31.0 Å². The summed E-state index contributed by atoms with van der Waals surface area (Å²) >= 11 is 5.53. The number of methoxy groups -OCH3 is 1. The molecule has 9 heteroatoms. The third-order valence-corrected chi connectivity index (χ3v) is 2.32. The molecule has 0 bridgehead atoms. The van der Waals surface area contributed by atoms with Crippen LogP contribution in [0.25, 0.3) is 0 Å². The Morgan fingerprint density at radius 2 is 2.10 bits per heavy atom. The third kappa shape index (κ3) is 4.16. The first-order valence-electron chi connectivity index (χ1n) is 5.39. The van der Waals surface area contributed by atoms with Crippen LogP contribution in [0.2, 0.25) is 0 Å². The quantitative estimate of drug-likeness (QED) is 0.618. The van der Waals surface area contributed by atoms with Crippen molar-refractivity contribution in [2.75, 3.05) is 13.7 Å². The molecule has 1 aromatic rings. The maximum atomic E-state index is 12.4. The first kappa shape index (κ1) is 16.4. The van der Waals surface area contributed by atoms with E-state index >= 15 is 0 Å². The zero-order chi connectivity index (χ0) is 15.3. The van der Waals surface area contributed by atoms with Gasteiger partial charge in [0, 0.05) is 6.07 Å². The lowest BCUT2D eigenvalue weighted by Gasteiger charge is -2.16. The molecule has 0 radical (unpaired) electrons. The molecule has 0 spiro atoms. The van der Waals surface area contributed by atoms with Gasteiger partial charge in [-0.05, 0) is 6.92 Å². The van der Waals surface area contributed by atoms with Gasteiger partial charge in [0.1, 0.15) is 11.3 Å². The van der Waals surface area contributed by atoms with Crippen molar-refractivity contribution in [1.82, 2.24) is 4.98 Å². The summed E-state index contributed by atoms with van der Waals surface area (Å²) in [6.07, 6.45) is -4.99. The maximum absolute atomic E-state index is 12.4. The molecule has 1 heterocycles. The lowest BCUT2D eigenvalue weighted by molar-refractivity contribution is -0.275. The SMILES string of the molecule is CCOC(=O)c1cc(OC)nc(CCl)c1OC(F)(F)F. The Kier molecular flexibility index (Phi) is 5.43. The number of carbonyl (C=O) groups excluding carboxylic acids is 1. The van der Waals surface area contributed by atoms with Crippen LogP contribution in [0.1, 0.15) is 23.0 Å². The minimum Gasteiger partial charge on any atom is -0.481 e. The summed E-state index contributed by atoms with van der Waals surface area (Å²) in [5.41, 5.74) is -0.724. The normalized spacial score (nSPS) is 11.1. The summed E-state index contributed by atoms with van der Waals surface area (Å²) < 4.78 is 50.5. The Bertz CT molecular complexity index is 493. The van der Waals surface area contributed by atoms with Crippen LogP contribution in [-0.2, 0) is 10.6 Å². The molecular formula is C11H11ClF3NO4. The van der Waals surface area contributed by atoms with Crippen LogP contribution < -0.4 is 9.47 Å². The van der Waals surface area contributed by atoms with Crippen LogP contribution in [0.4, 0.5) is 13.2 Å². The van der Waals surface area contributed by atoms with Gasteiger partial charge in [0.25, 0.3) is 0 Å². The standard InChI is InChI=1S/C11H11ClF3NO4/c1-3-19-10(17)6-4-8(18-2)16-7(5-12)9(6)20-11(13,14)15/h4H,3,5H2,1-2H3. The molecule has 1 aromatic heterocycles. The molecule has 20 heavy (non-hydrogen) atoms. The molecule has 0 saturated heterocycles. The van der Waals surface area contributed by atoms with Gasteiger partial charge in [-0.3, -0.25) is 0 Å². The molecule has 0 amide bonds. The fourth-order valence-electron chi connectivity index (χ4n) is 1.35. The predicted octanol–water partition coefficient (Wildman–Crippen LogP) is 2.90. The van der Waals surface area contributed by atoms with Crippen LogP contribution in [0.15, 0.2) is 6.07 Å². The van der Waals surface area contributed by atoms with Gasteiger partial charge < -0.3 is 14.2 Å². The van der Waals surface area contributed by atoms with Crippen molar-refractivity contribution in [2.45, 2.75) is 19.2 Å². The number of hydrogen-bond donors (Lipinski definition) is 0. The Balaban J connectivity index is 3.38. The van der Waals surface area contributed by atoms with E-state index in [9.17, 15) is 18.0 Å². The van der Waals surface area contributed by atoms with Crippen LogP contribution in [0.3, 0.4) is 0 Å². The predicted molar refractivity (Wildman–Crippen MR) is 63.0 cm³/mol. The summed E-state index contributed by atoms with van der Waals surface area (Å²) in [4.78, 5) is 15.4. The first-order chi connectivity index (χ1) is 9.32. The summed E-state index contributed by atoms with van der Waals surface area (Å²) in [6, 6.07) is 0.995. The number of ether oxygens (including phenoxy) is 3. The summed E-state index contributed by atoms with van der Waals surface area (Å²) in [5, 5.41) is 0. The molecule has 0 N–H and O–H groups in total. The van der Waals surface area contributed by atoms with Gasteiger partial charge in [-0.2, -0.15) is 0 Å². The van der Waals surface area contributed by atoms with Crippen molar-refractivity contribution < 1.29 is 32.2 Å². The zero-order valence-electron chi connectivity index (χ0n) is 10.6. The van der Waals surface area contributed by atoms with E-state index in [2.05, 4.69) is 14.5 Å². The number of aromatic nitrogens is 1. The summed E-state index contributed by atoms with van der Waals surface area (Å²) in [6.45, 7) is 1.51. The number of pyridine rings is 1. The minimum atomic E-state index is -4.99. The third-order valence-electron chi connectivity index (χ3n) is 2.07. The highest BCUT2D eigenvalue weighted by Crippen LogP contribution is 2.33. The van der Waals surface area contributed by atoms with Crippen molar-refractivity contribution in [3.05, 3.63) is 17.3 Å². The smallest absolute Gasteiger partial charge is 0.481 e. The number of halogens is 4. The Morgan fingerprint density at radius 1 is 1.45 bits per heavy atom. The highest BCUT2D eigenvalue weighted by molar-refractivity contribution is 6.17. The zero-order valence-corrected chi connectivity index (χ0v) is 11.3. The first-order valence-corrected chi connectivity index (χ1v) is 5.92. The van der Waals surface area contributed by atoms with E-state index in [4.69, 9.17) is 16.3 Å². The van der Waals surface area contributed by atoms with E-state index < -0.39 is 29.5 Å². The van der Waals surface area contributed by atoms with E-state index in [1.165, 1.54) is 14.0 Å². The highest BCUT2D eigenvalue weighted by atomic mass is 35.5. The number of hydrogen-bond acceptors (Lipinski definition) is 5. The van der Waals surface area contributed by atoms with Crippen molar-refractivity contribution in [3.63, 3.8) is 0 Å². The van der Waals surface area contributed by atoms with Crippen LogP contribution in [0, 0.1) is 0 Å². The van der Waals surface area contributed by atoms with Gasteiger partial charge in [0.15, 0.2) is 5.75 Å². The average molecular weight is 314 g/mol. The van der Waals surface area contributed by atoms with Crippen LogP contribution >= 0.6 is 11.6 Å². The molecule has 0 aliphatic carbocycles. The number of nitrogens with zero attached hydrogens (tertiary/aromatic N) is 1. The van der Waals surface area contributed by atoms with E-state index in [1.54, 1.807) is 0 Å². The van der Waals surface area contributed by atoms with Crippen molar-refractivity contribution >= 4 is 17.6 Å². The fraction of sp³-hybridized carbons (Fsp3) is 0.455. The Morgan fingerprint density at radius 3 is 2.55 bits per heavy atom. The van der Waals surface area contributed by atoms with E-state index in [-0.39, 0.29) is 18.2 Å². The van der Waals surface area contributed by atoms with Crippen LogP contribution in [0.5, 0.6) is 11.6 Å². The highest BCUT2D eigenvalue weighted by Gasteiger charge is 2.35. The Labute approximate surface area is 117 Å². The number of esters is 1. The van der Waals surface area contributed by atoms with Gasteiger partial charge in [0.2, 0.25) is 5.88 Å². The molecular weight excluding hydrogens is 303 g/mol. The average Bonchev–Trinajstić information content (AvgIpc) is 2.37. The summed E-state index contributed by atoms with van der Waals surface area (Å²) in [5.74, 6) is -2.24. The van der Waals surface area contributed by atoms with Gasteiger partial charge in [0.05, 0.1) is 19.6 Å².